The first-order valence-electron chi connectivity index (χ1n) is 19.0. The van der Waals surface area contributed by atoms with Crippen molar-refractivity contribution in [3.05, 3.63) is 194 Å². The fraction of sp³-hybridized carbons (Fsp3) is 0. The van der Waals surface area contributed by atoms with Crippen molar-refractivity contribution in [1.82, 2.24) is 19.9 Å². The smallest absolute Gasteiger partial charge is 0.116 e. The second kappa shape index (κ2) is 13.1. The van der Waals surface area contributed by atoms with Crippen LogP contribution in [0.3, 0.4) is 0 Å². The van der Waals surface area contributed by atoms with Crippen molar-refractivity contribution in [2.24, 2.45) is 0 Å². The number of nitrogens with one attached hydrogen (secondary N) is 2. The molecule has 11 rings (SSSR count). The first-order valence-corrected chi connectivity index (χ1v) is 19.0. The van der Waals surface area contributed by atoms with Crippen molar-refractivity contribution >= 4 is 43.6 Å². The van der Waals surface area contributed by atoms with Crippen LogP contribution < -0.4 is 0 Å². The molecular formula is C52H34N4. The molecule has 8 aromatic carbocycles. The SMILES string of the molecule is c1cc(-c2cccc(-c3cccc4c3[nH]c3ccccc34)c2)cc(-c2cc(-c3cccc(-c4cccc(-c5cccc6c5[nH]c5ccccc56)c4)c3)ncn2)c1. The van der Waals surface area contributed by atoms with Crippen LogP contribution in [0.5, 0.6) is 0 Å². The molecule has 0 aliphatic carbocycles. The standard InChI is InChI=1S/C52H34N4/c1-3-25-47-43(19-1)45-23-9-21-41(51(45)55-47)37-15-5-11-33(27-37)35-13-7-17-39(29-35)49-31-50(54-32-53-49)40-18-8-14-36(30-40)34-12-6-16-38(28-34)42-22-10-24-46-44-20-2-4-26-48(44)56-52(42)46/h1-32,55-56H. The molecule has 0 spiro atoms. The fourth-order valence-electron chi connectivity index (χ4n) is 8.35. The summed E-state index contributed by atoms with van der Waals surface area (Å²) in [4.78, 5) is 16.8. The number of para-hydroxylation sites is 4. The van der Waals surface area contributed by atoms with E-state index in [2.05, 4.69) is 198 Å². The highest BCUT2D eigenvalue weighted by Crippen LogP contribution is 2.37. The van der Waals surface area contributed by atoms with Crippen molar-refractivity contribution < 1.29 is 0 Å². The lowest BCUT2D eigenvalue weighted by molar-refractivity contribution is 1.18. The third-order valence-corrected chi connectivity index (χ3v) is 11.1. The molecule has 2 N–H and O–H groups in total. The summed E-state index contributed by atoms with van der Waals surface area (Å²) >= 11 is 0. The maximum atomic E-state index is 4.74. The van der Waals surface area contributed by atoms with Crippen LogP contribution in [-0.2, 0) is 0 Å². The van der Waals surface area contributed by atoms with Crippen molar-refractivity contribution in [3.8, 4) is 67.0 Å². The van der Waals surface area contributed by atoms with Gasteiger partial charge in [0.1, 0.15) is 6.33 Å². The first-order chi connectivity index (χ1) is 27.7. The van der Waals surface area contributed by atoms with Crippen LogP contribution in [0.15, 0.2) is 194 Å². The second-order valence-corrected chi connectivity index (χ2v) is 14.4. The van der Waals surface area contributed by atoms with Gasteiger partial charge < -0.3 is 9.97 Å². The van der Waals surface area contributed by atoms with E-state index in [4.69, 9.17) is 9.97 Å². The Bertz CT molecular complexity index is 3060. The van der Waals surface area contributed by atoms with E-state index < -0.39 is 0 Å². The number of H-pyrrole nitrogens is 2. The molecule has 11 aromatic rings. The number of benzene rings is 8. The molecule has 0 fully saturated rings. The molecular weight excluding hydrogens is 681 g/mol. The first kappa shape index (κ1) is 31.9. The number of aromatic amines is 2. The summed E-state index contributed by atoms with van der Waals surface area (Å²) in [5.74, 6) is 0. The van der Waals surface area contributed by atoms with Gasteiger partial charge in [0.25, 0.3) is 0 Å². The minimum absolute atomic E-state index is 0.884. The number of hydrogen-bond acceptors (Lipinski definition) is 2. The van der Waals surface area contributed by atoms with Crippen molar-refractivity contribution in [3.63, 3.8) is 0 Å². The minimum atomic E-state index is 0.884. The number of fused-ring (bicyclic) bond motifs is 6. The van der Waals surface area contributed by atoms with Crippen LogP contribution in [0.4, 0.5) is 0 Å². The third kappa shape index (κ3) is 5.47. The summed E-state index contributed by atoms with van der Waals surface area (Å²) in [5.41, 5.74) is 17.8. The number of hydrogen-bond donors (Lipinski definition) is 2. The Morgan fingerprint density at radius 1 is 0.286 bits per heavy atom. The summed E-state index contributed by atoms with van der Waals surface area (Å²) in [6, 6.07) is 67.1. The lowest BCUT2D eigenvalue weighted by atomic mass is 9.95. The quantitative estimate of drug-likeness (QED) is 0.180. The van der Waals surface area contributed by atoms with Gasteiger partial charge in [0, 0.05) is 54.8 Å². The largest absolute Gasteiger partial charge is 0.354 e. The highest BCUT2D eigenvalue weighted by atomic mass is 14.8. The molecule has 0 saturated carbocycles. The maximum Gasteiger partial charge on any atom is 0.116 e. The van der Waals surface area contributed by atoms with E-state index >= 15 is 0 Å². The molecule has 0 aliphatic rings. The van der Waals surface area contributed by atoms with Crippen molar-refractivity contribution in [1.29, 1.82) is 0 Å². The van der Waals surface area contributed by atoms with Crippen LogP contribution >= 0.6 is 0 Å². The van der Waals surface area contributed by atoms with Gasteiger partial charge in [-0.2, -0.15) is 0 Å². The molecule has 262 valence electrons. The van der Waals surface area contributed by atoms with E-state index in [1.165, 1.54) is 43.8 Å². The van der Waals surface area contributed by atoms with Crippen LogP contribution in [0.25, 0.3) is 111 Å². The van der Waals surface area contributed by atoms with E-state index in [1.54, 1.807) is 6.33 Å². The van der Waals surface area contributed by atoms with E-state index in [-0.39, 0.29) is 0 Å². The molecule has 56 heavy (non-hydrogen) atoms. The van der Waals surface area contributed by atoms with E-state index in [1.807, 2.05) is 0 Å². The number of nitrogens with zero attached hydrogens (tertiary/aromatic N) is 2. The lowest BCUT2D eigenvalue weighted by Crippen LogP contribution is -1.91. The van der Waals surface area contributed by atoms with Crippen molar-refractivity contribution in [2.75, 3.05) is 0 Å². The third-order valence-electron chi connectivity index (χ3n) is 11.1. The predicted octanol–water partition coefficient (Wildman–Crippen LogP) is 13.7. The summed E-state index contributed by atoms with van der Waals surface area (Å²) < 4.78 is 0. The summed E-state index contributed by atoms with van der Waals surface area (Å²) in [6.45, 7) is 0. The van der Waals surface area contributed by atoms with E-state index in [0.717, 1.165) is 66.8 Å². The zero-order chi connectivity index (χ0) is 37.0. The van der Waals surface area contributed by atoms with Crippen molar-refractivity contribution in [2.45, 2.75) is 0 Å². The Hall–Kier alpha value is -7.56. The van der Waals surface area contributed by atoms with Gasteiger partial charge in [-0.15, -0.1) is 0 Å². The van der Waals surface area contributed by atoms with Gasteiger partial charge in [-0.3, -0.25) is 0 Å². The van der Waals surface area contributed by atoms with E-state index in [9.17, 15) is 0 Å². The predicted molar refractivity (Wildman–Crippen MR) is 233 cm³/mol. The molecule has 0 aliphatic heterocycles. The van der Waals surface area contributed by atoms with Gasteiger partial charge in [0.15, 0.2) is 0 Å². The van der Waals surface area contributed by atoms with E-state index in [0.29, 0.717) is 0 Å². The van der Waals surface area contributed by atoms with Gasteiger partial charge in [0.2, 0.25) is 0 Å². The Kier molecular flexibility index (Phi) is 7.46. The van der Waals surface area contributed by atoms with Crippen LogP contribution in [0.1, 0.15) is 0 Å². The average Bonchev–Trinajstić information content (AvgIpc) is 3.86. The number of aromatic nitrogens is 4. The Morgan fingerprint density at radius 2 is 0.643 bits per heavy atom. The van der Waals surface area contributed by atoms with Gasteiger partial charge in [-0.25, -0.2) is 9.97 Å². The fourth-order valence-corrected chi connectivity index (χ4v) is 8.35. The molecule has 4 nitrogen and oxygen atoms in total. The maximum absolute atomic E-state index is 4.74. The normalized spacial score (nSPS) is 11.6. The van der Waals surface area contributed by atoms with Crippen LogP contribution in [0, 0.1) is 0 Å². The highest BCUT2D eigenvalue weighted by Gasteiger charge is 2.13. The Morgan fingerprint density at radius 3 is 1.11 bits per heavy atom. The molecule has 0 atom stereocenters. The summed E-state index contributed by atoms with van der Waals surface area (Å²) in [5, 5.41) is 4.97. The van der Waals surface area contributed by atoms with Gasteiger partial charge >= 0.3 is 0 Å². The second-order valence-electron chi connectivity index (χ2n) is 14.4. The molecule has 3 heterocycles. The number of rotatable bonds is 6. The zero-order valence-corrected chi connectivity index (χ0v) is 30.4. The molecule has 0 bridgehead atoms. The minimum Gasteiger partial charge on any atom is -0.354 e. The van der Waals surface area contributed by atoms with Crippen LogP contribution in [-0.4, -0.2) is 19.9 Å². The van der Waals surface area contributed by atoms with Gasteiger partial charge in [-0.1, -0.05) is 146 Å². The van der Waals surface area contributed by atoms with Crippen LogP contribution in [0.2, 0.25) is 0 Å². The average molecular weight is 715 g/mol. The van der Waals surface area contributed by atoms with Gasteiger partial charge in [0.05, 0.1) is 22.4 Å². The summed E-state index contributed by atoms with van der Waals surface area (Å²) in [6.07, 6.45) is 1.67. The molecule has 4 heteroatoms. The Labute approximate surface area is 323 Å². The molecule has 3 aromatic heterocycles. The zero-order valence-electron chi connectivity index (χ0n) is 30.4. The molecule has 0 saturated heterocycles. The lowest BCUT2D eigenvalue weighted by Gasteiger charge is -2.11. The molecule has 0 radical (unpaired) electrons. The molecule has 0 amide bonds. The Balaban J connectivity index is 0.907. The van der Waals surface area contributed by atoms with Gasteiger partial charge in [-0.05, 0) is 75.8 Å². The molecule has 0 unspecified atom stereocenters. The highest BCUT2D eigenvalue weighted by molar-refractivity contribution is 6.13. The summed E-state index contributed by atoms with van der Waals surface area (Å²) in [7, 11) is 0. The topological polar surface area (TPSA) is 57.4 Å². The monoisotopic (exact) mass is 714 g/mol.